The average Bonchev–Trinajstić information content (AvgIpc) is 2.74. The van der Waals surface area contributed by atoms with Crippen molar-refractivity contribution in [2.45, 2.75) is 18.9 Å². The van der Waals surface area contributed by atoms with Gasteiger partial charge in [-0.05, 0) is 24.6 Å². The number of likely N-dealkylation sites (N-methyl/N-ethyl adjacent to an activating group) is 1. The monoisotopic (exact) mass is 199 g/mol. The first-order chi connectivity index (χ1) is 6.36. The summed E-state index contributed by atoms with van der Waals surface area (Å²) in [5.41, 5.74) is 0. The van der Waals surface area contributed by atoms with E-state index in [0.717, 1.165) is 18.2 Å². The minimum absolute atomic E-state index is 0.605. The zero-order valence-corrected chi connectivity index (χ0v) is 8.42. The smallest absolute Gasteiger partial charge is 0.227 e. The first-order valence-electron chi connectivity index (χ1n) is 4.46. The van der Waals surface area contributed by atoms with Crippen molar-refractivity contribution in [2.24, 2.45) is 0 Å². The van der Waals surface area contributed by atoms with E-state index in [9.17, 15) is 0 Å². The maximum Gasteiger partial charge on any atom is 0.227 e. The van der Waals surface area contributed by atoms with E-state index < -0.39 is 0 Å². The summed E-state index contributed by atoms with van der Waals surface area (Å²) >= 11 is 1.34. The van der Waals surface area contributed by atoms with Crippen molar-refractivity contribution in [1.82, 2.24) is 20.1 Å². The van der Waals surface area contributed by atoms with Crippen LogP contribution in [0.5, 0.6) is 0 Å². The van der Waals surface area contributed by atoms with Crippen LogP contribution in [0.25, 0.3) is 0 Å². The van der Waals surface area contributed by atoms with E-state index in [2.05, 4.69) is 25.0 Å². The number of hydrogen-bond acceptors (Lipinski definition) is 6. The van der Waals surface area contributed by atoms with Crippen molar-refractivity contribution >= 4 is 16.7 Å². The van der Waals surface area contributed by atoms with Crippen LogP contribution in [-0.4, -0.2) is 41.0 Å². The third-order valence-corrected chi connectivity index (χ3v) is 2.98. The number of hydrogen-bond donors (Lipinski definition) is 1. The highest BCUT2D eigenvalue weighted by atomic mass is 32.1. The van der Waals surface area contributed by atoms with Gasteiger partial charge < -0.3 is 10.2 Å². The van der Waals surface area contributed by atoms with Crippen LogP contribution in [0.1, 0.15) is 12.8 Å². The highest BCUT2D eigenvalue weighted by Gasteiger charge is 2.17. The molecule has 0 aliphatic carbocycles. The molecule has 0 spiro atoms. The summed E-state index contributed by atoms with van der Waals surface area (Å²) in [6, 6.07) is 0.605. The molecule has 0 saturated carbocycles. The second kappa shape index (κ2) is 3.97. The normalized spacial score (nSPS) is 22.1. The highest BCUT2D eigenvalue weighted by molar-refractivity contribution is 7.09. The summed E-state index contributed by atoms with van der Waals surface area (Å²) in [5.74, 6) is 0. The molecule has 13 heavy (non-hydrogen) atoms. The molecule has 0 bridgehead atoms. The molecule has 0 radical (unpaired) electrons. The van der Waals surface area contributed by atoms with E-state index >= 15 is 0 Å². The average molecular weight is 199 g/mol. The van der Waals surface area contributed by atoms with E-state index in [0.29, 0.717) is 6.04 Å². The third-order valence-electron chi connectivity index (χ3n) is 2.27. The predicted octanol–water partition coefficient (Wildman–Crippen LogP) is 0.121. The Morgan fingerprint density at radius 3 is 3.23 bits per heavy atom. The molecular formula is C7H13N5S. The number of aromatic nitrogens is 3. The molecule has 1 aliphatic rings. The lowest BCUT2D eigenvalue weighted by Gasteiger charge is -2.19. The van der Waals surface area contributed by atoms with E-state index in [1.54, 1.807) is 0 Å². The summed E-state index contributed by atoms with van der Waals surface area (Å²) in [7, 11) is 2.03. The Kier molecular flexibility index (Phi) is 2.70. The Morgan fingerprint density at radius 2 is 2.62 bits per heavy atom. The van der Waals surface area contributed by atoms with Crippen molar-refractivity contribution < 1.29 is 0 Å². The molecule has 0 aromatic carbocycles. The number of anilines is 1. The summed E-state index contributed by atoms with van der Waals surface area (Å²) in [5, 5.41) is 11.8. The van der Waals surface area contributed by atoms with E-state index in [4.69, 9.17) is 0 Å². The zero-order chi connectivity index (χ0) is 9.10. The van der Waals surface area contributed by atoms with Gasteiger partial charge in [-0.25, -0.2) is 0 Å². The maximum atomic E-state index is 3.91. The largest absolute Gasteiger partial charge is 0.347 e. The minimum atomic E-state index is 0.605. The molecule has 1 atom stereocenters. The Labute approximate surface area is 81.3 Å². The van der Waals surface area contributed by atoms with E-state index in [1.165, 1.54) is 24.4 Å². The Hall–Kier alpha value is -0.750. The van der Waals surface area contributed by atoms with Gasteiger partial charge in [-0.3, -0.25) is 0 Å². The molecule has 1 aliphatic heterocycles. The lowest BCUT2D eigenvalue weighted by Crippen LogP contribution is -2.35. The molecule has 6 heteroatoms. The van der Waals surface area contributed by atoms with Crippen LogP contribution in [0.4, 0.5) is 5.13 Å². The maximum absolute atomic E-state index is 3.91. The summed E-state index contributed by atoms with van der Waals surface area (Å²) in [6.07, 6.45) is 2.55. The van der Waals surface area contributed by atoms with E-state index in [1.807, 2.05) is 7.05 Å². The summed E-state index contributed by atoms with van der Waals surface area (Å²) in [4.78, 5) is 2.10. The fourth-order valence-corrected chi connectivity index (χ4v) is 2.03. The third kappa shape index (κ3) is 2.13. The van der Waals surface area contributed by atoms with Crippen LogP contribution in [0.15, 0.2) is 0 Å². The lowest BCUT2D eigenvalue weighted by atomic mass is 10.2. The van der Waals surface area contributed by atoms with Gasteiger partial charge in [-0.15, -0.1) is 0 Å². The standard InChI is InChI=1S/C7H13N5S/c1-12(7-9-10-11-13-7)5-6-3-2-4-8-6/h6,8H,2-5H2,1H3. The van der Waals surface area contributed by atoms with E-state index in [-0.39, 0.29) is 0 Å². The van der Waals surface area contributed by atoms with Crippen LogP contribution in [0.3, 0.4) is 0 Å². The summed E-state index contributed by atoms with van der Waals surface area (Å²) in [6.45, 7) is 2.14. The SMILES string of the molecule is CN(CC1CCCN1)c1nnns1. The van der Waals surface area contributed by atoms with Gasteiger partial charge in [0.2, 0.25) is 5.13 Å². The van der Waals surface area contributed by atoms with Crippen LogP contribution < -0.4 is 10.2 Å². The molecule has 72 valence electrons. The molecule has 1 aromatic heterocycles. The Bertz CT molecular complexity index is 243. The van der Waals surface area contributed by atoms with Gasteiger partial charge in [0.05, 0.1) is 0 Å². The Morgan fingerprint density at radius 1 is 1.69 bits per heavy atom. The molecule has 5 nitrogen and oxygen atoms in total. The van der Waals surface area contributed by atoms with Gasteiger partial charge >= 0.3 is 0 Å². The van der Waals surface area contributed by atoms with Crippen LogP contribution >= 0.6 is 11.5 Å². The summed E-state index contributed by atoms with van der Waals surface area (Å²) < 4.78 is 3.74. The molecule has 1 unspecified atom stereocenters. The topological polar surface area (TPSA) is 53.9 Å². The zero-order valence-electron chi connectivity index (χ0n) is 7.60. The minimum Gasteiger partial charge on any atom is -0.347 e. The molecule has 1 aromatic rings. The number of rotatable bonds is 3. The van der Waals surface area contributed by atoms with Gasteiger partial charge in [-0.1, -0.05) is 9.59 Å². The van der Waals surface area contributed by atoms with Gasteiger partial charge in [0, 0.05) is 31.2 Å². The van der Waals surface area contributed by atoms with Crippen molar-refractivity contribution in [3.63, 3.8) is 0 Å². The molecule has 2 heterocycles. The van der Waals surface area contributed by atoms with Crippen LogP contribution in [0, 0.1) is 0 Å². The van der Waals surface area contributed by atoms with Crippen LogP contribution in [0.2, 0.25) is 0 Å². The quantitative estimate of drug-likeness (QED) is 0.749. The highest BCUT2D eigenvalue weighted by Crippen LogP contribution is 2.13. The molecule has 1 fully saturated rings. The molecule has 1 N–H and O–H groups in total. The first kappa shape index (κ1) is 8.83. The van der Waals surface area contributed by atoms with Gasteiger partial charge in [0.1, 0.15) is 0 Å². The van der Waals surface area contributed by atoms with Gasteiger partial charge in [-0.2, -0.15) is 0 Å². The van der Waals surface area contributed by atoms with Gasteiger partial charge in [0.25, 0.3) is 0 Å². The fourth-order valence-electron chi connectivity index (χ4n) is 1.60. The Balaban J connectivity index is 1.87. The second-order valence-electron chi connectivity index (χ2n) is 3.32. The lowest BCUT2D eigenvalue weighted by molar-refractivity contribution is 0.598. The van der Waals surface area contributed by atoms with Crippen molar-refractivity contribution in [1.29, 1.82) is 0 Å². The predicted molar refractivity (Wildman–Crippen MR) is 52.0 cm³/mol. The number of nitrogens with zero attached hydrogens (tertiary/aromatic N) is 4. The molecule has 0 amide bonds. The molecule has 2 rings (SSSR count). The van der Waals surface area contributed by atoms with Gasteiger partial charge in [0.15, 0.2) is 0 Å². The second-order valence-corrected chi connectivity index (χ2v) is 4.03. The van der Waals surface area contributed by atoms with Crippen molar-refractivity contribution in [2.75, 3.05) is 25.0 Å². The first-order valence-corrected chi connectivity index (χ1v) is 5.23. The number of nitrogens with one attached hydrogen (secondary N) is 1. The molecular weight excluding hydrogens is 186 g/mol. The van der Waals surface area contributed by atoms with Crippen LogP contribution in [-0.2, 0) is 0 Å². The van der Waals surface area contributed by atoms with Crippen molar-refractivity contribution in [3.8, 4) is 0 Å². The fraction of sp³-hybridized carbons (Fsp3) is 0.857. The van der Waals surface area contributed by atoms with Crippen molar-refractivity contribution in [3.05, 3.63) is 0 Å². The molecule has 1 saturated heterocycles.